The van der Waals surface area contributed by atoms with Gasteiger partial charge in [-0.05, 0) is 29.8 Å². The molecule has 0 aliphatic heterocycles. The molecule has 0 unspecified atom stereocenters. The van der Waals surface area contributed by atoms with Crippen molar-refractivity contribution in [3.8, 4) is 0 Å². The topological polar surface area (TPSA) is 67.5 Å². The first-order chi connectivity index (χ1) is 10.1. The van der Waals surface area contributed by atoms with Crippen LogP contribution in [0, 0.1) is 5.82 Å². The monoisotopic (exact) mass is 303 g/mol. The van der Waals surface area contributed by atoms with Gasteiger partial charge in [0.1, 0.15) is 5.82 Å². The number of rotatable bonds is 4. The number of aromatic carboxylic acids is 1. The highest BCUT2D eigenvalue weighted by molar-refractivity contribution is 7.98. The van der Waals surface area contributed by atoms with Gasteiger partial charge in [0.25, 0.3) is 0 Å². The lowest BCUT2D eigenvalue weighted by Crippen LogP contribution is -2.02. The maximum absolute atomic E-state index is 13.1. The van der Waals surface area contributed by atoms with Crippen LogP contribution in [0.3, 0.4) is 0 Å². The third kappa shape index (κ3) is 2.73. The molecule has 2 aromatic heterocycles. The first-order valence-electron chi connectivity index (χ1n) is 6.09. The second-order valence-corrected chi connectivity index (χ2v) is 5.25. The lowest BCUT2D eigenvalue weighted by atomic mass is 10.1. The first-order valence-corrected chi connectivity index (χ1v) is 7.08. The molecule has 5 nitrogen and oxygen atoms in total. The molecule has 0 bridgehead atoms. The van der Waals surface area contributed by atoms with Gasteiger partial charge < -0.3 is 5.11 Å². The molecule has 0 aliphatic carbocycles. The minimum absolute atomic E-state index is 0.0312. The van der Waals surface area contributed by atoms with E-state index >= 15 is 0 Å². The second-order valence-electron chi connectivity index (χ2n) is 4.31. The number of hydrogen-bond donors (Lipinski definition) is 1. The minimum atomic E-state index is -1.14. The van der Waals surface area contributed by atoms with E-state index < -0.39 is 11.8 Å². The van der Waals surface area contributed by atoms with Crippen molar-refractivity contribution in [1.29, 1.82) is 0 Å². The number of carbonyl (C=O) groups is 1. The van der Waals surface area contributed by atoms with Crippen LogP contribution >= 0.6 is 11.8 Å². The highest BCUT2D eigenvalue weighted by atomic mass is 32.2. The van der Waals surface area contributed by atoms with E-state index in [9.17, 15) is 9.18 Å². The third-order valence-electron chi connectivity index (χ3n) is 2.94. The summed E-state index contributed by atoms with van der Waals surface area (Å²) >= 11 is 1.35. The summed E-state index contributed by atoms with van der Waals surface area (Å²) in [5.41, 5.74) is 1.23. The largest absolute Gasteiger partial charge is 0.478 e. The third-order valence-corrected chi connectivity index (χ3v) is 3.93. The molecule has 106 valence electrons. The van der Waals surface area contributed by atoms with Crippen LogP contribution in [0.1, 0.15) is 15.9 Å². The predicted molar refractivity (Wildman–Crippen MR) is 75.9 cm³/mol. The van der Waals surface area contributed by atoms with Crippen LogP contribution in [-0.4, -0.2) is 25.7 Å². The number of aromatic nitrogens is 3. The molecule has 1 N–H and O–H groups in total. The maximum atomic E-state index is 13.1. The van der Waals surface area contributed by atoms with Gasteiger partial charge in [-0.1, -0.05) is 23.9 Å². The zero-order valence-electron chi connectivity index (χ0n) is 10.7. The molecule has 3 aromatic rings. The summed E-state index contributed by atoms with van der Waals surface area (Å²) in [5.74, 6) is -1.33. The van der Waals surface area contributed by atoms with Crippen LogP contribution in [0.5, 0.6) is 0 Å². The van der Waals surface area contributed by atoms with Crippen molar-refractivity contribution in [2.24, 2.45) is 0 Å². The Labute approximate surface area is 123 Å². The molecule has 21 heavy (non-hydrogen) atoms. The fourth-order valence-electron chi connectivity index (χ4n) is 1.93. The van der Waals surface area contributed by atoms with E-state index in [0.29, 0.717) is 16.5 Å². The van der Waals surface area contributed by atoms with Crippen LogP contribution < -0.4 is 0 Å². The van der Waals surface area contributed by atoms with E-state index in [1.807, 2.05) is 28.8 Å². The Balaban J connectivity index is 1.87. The molecule has 0 saturated heterocycles. The molecule has 0 spiro atoms. The number of carboxylic acids is 1. The molecule has 0 amide bonds. The lowest BCUT2D eigenvalue weighted by Gasteiger charge is -2.05. The zero-order chi connectivity index (χ0) is 14.8. The van der Waals surface area contributed by atoms with Gasteiger partial charge in [-0.3, -0.25) is 4.40 Å². The summed E-state index contributed by atoms with van der Waals surface area (Å²) in [4.78, 5) is 11.1. The smallest absolute Gasteiger partial charge is 0.336 e. The molecule has 3 rings (SSSR count). The van der Waals surface area contributed by atoms with Crippen molar-refractivity contribution in [2.75, 3.05) is 0 Å². The highest BCUT2D eigenvalue weighted by Crippen LogP contribution is 2.24. The van der Waals surface area contributed by atoms with Crippen molar-refractivity contribution >= 4 is 23.4 Å². The SMILES string of the molecule is O=C(O)c1cc(F)ccc1CSc1nnc2ccccn12. The maximum Gasteiger partial charge on any atom is 0.336 e. The summed E-state index contributed by atoms with van der Waals surface area (Å²) in [6.45, 7) is 0. The lowest BCUT2D eigenvalue weighted by molar-refractivity contribution is 0.0695. The molecule has 1 aromatic carbocycles. The van der Waals surface area contributed by atoms with E-state index in [1.54, 1.807) is 0 Å². The Morgan fingerprint density at radius 3 is 2.95 bits per heavy atom. The fourth-order valence-corrected chi connectivity index (χ4v) is 2.86. The summed E-state index contributed by atoms with van der Waals surface area (Å²) in [6.07, 6.45) is 1.83. The molecule has 0 saturated carbocycles. The first kappa shape index (κ1) is 13.6. The average Bonchev–Trinajstić information content (AvgIpc) is 2.89. The van der Waals surface area contributed by atoms with Crippen molar-refractivity contribution in [2.45, 2.75) is 10.9 Å². The van der Waals surface area contributed by atoms with E-state index in [4.69, 9.17) is 5.11 Å². The van der Waals surface area contributed by atoms with Crippen molar-refractivity contribution in [3.63, 3.8) is 0 Å². The number of benzene rings is 1. The molecule has 2 heterocycles. The van der Waals surface area contributed by atoms with Crippen molar-refractivity contribution < 1.29 is 14.3 Å². The van der Waals surface area contributed by atoms with E-state index in [0.717, 1.165) is 11.7 Å². The van der Waals surface area contributed by atoms with Gasteiger partial charge >= 0.3 is 5.97 Å². The summed E-state index contributed by atoms with van der Waals surface area (Å²) in [6, 6.07) is 9.32. The number of thioether (sulfide) groups is 1. The molecule has 0 radical (unpaired) electrons. The predicted octanol–water partition coefficient (Wildman–Crippen LogP) is 2.86. The van der Waals surface area contributed by atoms with Gasteiger partial charge in [0.05, 0.1) is 5.56 Å². The minimum Gasteiger partial charge on any atom is -0.478 e. The zero-order valence-corrected chi connectivity index (χ0v) is 11.5. The number of carboxylic acid groups (broad SMARTS) is 1. The molecule has 0 fully saturated rings. The number of halogens is 1. The molecular weight excluding hydrogens is 293 g/mol. The average molecular weight is 303 g/mol. The van der Waals surface area contributed by atoms with Gasteiger partial charge in [0.15, 0.2) is 10.8 Å². The highest BCUT2D eigenvalue weighted by Gasteiger charge is 2.13. The van der Waals surface area contributed by atoms with Crippen LogP contribution in [0.15, 0.2) is 47.8 Å². The van der Waals surface area contributed by atoms with E-state index in [2.05, 4.69) is 10.2 Å². The number of hydrogen-bond acceptors (Lipinski definition) is 4. The van der Waals surface area contributed by atoms with Gasteiger partial charge in [-0.15, -0.1) is 10.2 Å². The fraction of sp³-hybridized carbons (Fsp3) is 0.0714. The van der Waals surface area contributed by atoms with E-state index in [-0.39, 0.29) is 5.56 Å². The van der Waals surface area contributed by atoms with E-state index in [1.165, 1.54) is 23.9 Å². The quantitative estimate of drug-likeness (QED) is 0.751. The van der Waals surface area contributed by atoms with Crippen LogP contribution in [0.4, 0.5) is 4.39 Å². The number of fused-ring (bicyclic) bond motifs is 1. The van der Waals surface area contributed by atoms with Crippen LogP contribution in [0.25, 0.3) is 5.65 Å². The molecule has 7 heteroatoms. The van der Waals surface area contributed by atoms with Crippen LogP contribution in [-0.2, 0) is 5.75 Å². The normalized spacial score (nSPS) is 10.9. The Bertz CT molecular complexity index is 819. The number of pyridine rings is 1. The Morgan fingerprint density at radius 2 is 2.14 bits per heavy atom. The Morgan fingerprint density at radius 1 is 1.29 bits per heavy atom. The van der Waals surface area contributed by atoms with Gasteiger partial charge in [-0.2, -0.15) is 0 Å². The molecule has 0 atom stereocenters. The molecular formula is C14H10FN3O2S. The Kier molecular flexibility index (Phi) is 3.57. The van der Waals surface area contributed by atoms with Gasteiger partial charge in [0.2, 0.25) is 0 Å². The second kappa shape index (κ2) is 5.53. The van der Waals surface area contributed by atoms with Crippen LogP contribution in [0.2, 0.25) is 0 Å². The van der Waals surface area contributed by atoms with Gasteiger partial charge in [0, 0.05) is 11.9 Å². The Hall–Kier alpha value is -2.41. The van der Waals surface area contributed by atoms with Crippen molar-refractivity contribution in [3.05, 3.63) is 59.5 Å². The van der Waals surface area contributed by atoms with Gasteiger partial charge in [-0.25, -0.2) is 9.18 Å². The standard InChI is InChI=1S/C14H10FN3O2S/c15-10-5-4-9(11(7-10)13(19)20)8-21-14-17-16-12-3-1-2-6-18(12)14/h1-7H,8H2,(H,19,20). The molecule has 0 aliphatic rings. The summed E-state index contributed by atoms with van der Waals surface area (Å²) < 4.78 is 14.9. The van der Waals surface area contributed by atoms with Crippen molar-refractivity contribution in [1.82, 2.24) is 14.6 Å². The summed E-state index contributed by atoms with van der Waals surface area (Å²) in [7, 11) is 0. The number of nitrogens with zero attached hydrogens (tertiary/aromatic N) is 3. The summed E-state index contributed by atoms with van der Waals surface area (Å²) in [5, 5.41) is 17.8.